The predicted octanol–water partition coefficient (Wildman–Crippen LogP) is 0.932. The van der Waals surface area contributed by atoms with Gasteiger partial charge in [0, 0.05) is 12.0 Å². The highest BCUT2D eigenvalue weighted by atomic mass is 32.2. The van der Waals surface area contributed by atoms with Crippen molar-refractivity contribution in [1.82, 2.24) is 9.55 Å². The third-order valence-corrected chi connectivity index (χ3v) is 5.06. The molecule has 17 heavy (non-hydrogen) atoms. The minimum absolute atomic E-state index is 0.0808. The van der Waals surface area contributed by atoms with Gasteiger partial charge in [0.05, 0.1) is 35.8 Å². The number of imidazole rings is 1. The molecule has 2 rings (SSSR count). The van der Waals surface area contributed by atoms with Gasteiger partial charge in [0.25, 0.3) is 0 Å². The molecule has 2 atom stereocenters. The minimum atomic E-state index is -2.95. The Hall–Kier alpha value is -0.880. The molecule has 0 aromatic carbocycles. The van der Waals surface area contributed by atoms with Gasteiger partial charge in [-0.05, 0) is 20.3 Å². The van der Waals surface area contributed by atoms with Gasteiger partial charge in [-0.3, -0.25) is 0 Å². The van der Waals surface area contributed by atoms with E-state index in [1.165, 1.54) is 0 Å². The first-order chi connectivity index (χ1) is 7.91. The van der Waals surface area contributed by atoms with Crippen LogP contribution in [0.4, 0.5) is 0 Å². The lowest BCUT2D eigenvalue weighted by Crippen LogP contribution is -2.18. The Bertz CT molecular complexity index is 493. The van der Waals surface area contributed by atoms with Crippen LogP contribution >= 0.6 is 0 Å². The van der Waals surface area contributed by atoms with Gasteiger partial charge in [0.2, 0.25) is 0 Å². The standard InChI is InChI=1S/C11H18N2O3S/c1-8(2)13-7-12-5-10(13)11(14)9-3-4-17(15,16)6-9/h5,7-9,11,14H,3-4,6H2,1-2H3. The maximum Gasteiger partial charge on any atom is 0.150 e. The summed E-state index contributed by atoms with van der Waals surface area (Å²) in [7, 11) is -2.95. The summed E-state index contributed by atoms with van der Waals surface area (Å²) in [6, 6.07) is 0.208. The average molecular weight is 258 g/mol. The van der Waals surface area contributed by atoms with Crippen LogP contribution in [0.2, 0.25) is 0 Å². The predicted molar refractivity (Wildman–Crippen MR) is 64.3 cm³/mol. The fourth-order valence-corrected chi connectivity index (χ4v) is 4.12. The van der Waals surface area contributed by atoms with Crippen LogP contribution in [0.3, 0.4) is 0 Å². The Morgan fingerprint density at radius 1 is 1.53 bits per heavy atom. The van der Waals surface area contributed by atoms with Crippen molar-refractivity contribution in [3.63, 3.8) is 0 Å². The highest BCUT2D eigenvalue weighted by Crippen LogP contribution is 2.31. The van der Waals surface area contributed by atoms with E-state index in [1.54, 1.807) is 12.5 Å². The molecule has 1 aromatic heterocycles. The second kappa shape index (κ2) is 4.42. The second-order valence-corrected chi connectivity index (χ2v) is 7.16. The summed E-state index contributed by atoms with van der Waals surface area (Å²) in [6.45, 7) is 4.01. The van der Waals surface area contributed by atoms with Crippen LogP contribution in [-0.4, -0.2) is 34.6 Å². The zero-order valence-electron chi connectivity index (χ0n) is 10.1. The molecule has 5 nitrogen and oxygen atoms in total. The smallest absolute Gasteiger partial charge is 0.150 e. The van der Waals surface area contributed by atoms with Crippen LogP contribution in [0.15, 0.2) is 12.5 Å². The van der Waals surface area contributed by atoms with Crippen molar-refractivity contribution in [2.45, 2.75) is 32.4 Å². The van der Waals surface area contributed by atoms with Crippen molar-refractivity contribution in [3.8, 4) is 0 Å². The zero-order valence-corrected chi connectivity index (χ0v) is 10.9. The number of aliphatic hydroxyl groups excluding tert-OH is 1. The summed E-state index contributed by atoms with van der Waals surface area (Å²) in [5.74, 6) is 0.0660. The van der Waals surface area contributed by atoms with Crippen LogP contribution in [0, 0.1) is 5.92 Å². The van der Waals surface area contributed by atoms with E-state index in [9.17, 15) is 13.5 Å². The minimum Gasteiger partial charge on any atom is -0.386 e. The van der Waals surface area contributed by atoms with Gasteiger partial charge >= 0.3 is 0 Å². The summed E-state index contributed by atoms with van der Waals surface area (Å²) in [5, 5.41) is 10.2. The van der Waals surface area contributed by atoms with E-state index in [-0.39, 0.29) is 23.5 Å². The average Bonchev–Trinajstić information content (AvgIpc) is 2.82. The largest absolute Gasteiger partial charge is 0.386 e. The highest BCUT2D eigenvalue weighted by molar-refractivity contribution is 7.91. The first kappa shape index (κ1) is 12.6. The molecule has 1 aliphatic rings. The Morgan fingerprint density at radius 2 is 2.24 bits per heavy atom. The van der Waals surface area contributed by atoms with Gasteiger partial charge in [-0.2, -0.15) is 0 Å². The molecule has 0 spiro atoms. The van der Waals surface area contributed by atoms with Crippen molar-refractivity contribution in [2.75, 3.05) is 11.5 Å². The molecule has 1 aliphatic heterocycles. The molecular weight excluding hydrogens is 240 g/mol. The lowest BCUT2D eigenvalue weighted by molar-refractivity contribution is 0.111. The SMILES string of the molecule is CC(C)n1cncc1C(O)C1CCS(=O)(=O)C1. The van der Waals surface area contributed by atoms with Crippen LogP contribution in [0.5, 0.6) is 0 Å². The normalized spacial score (nSPS) is 25.3. The summed E-state index contributed by atoms with van der Waals surface area (Å²) in [5.41, 5.74) is 0.710. The van der Waals surface area contributed by atoms with Gasteiger partial charge in [-0.25, -0.2) is 13.4 Å². The van der Waals surface area contributed by atoms with Crippen LogP contribution in [0.1, 0.15) is 38.1 Å². The highest BCUT2D eigenvalue weighted by Gasteiger charge is 2.34. The Labute approximate surface area is 101 Å². The summed E-state index contributed by atoms with van der Waals surface area (Å²) >= 11 is 0. The molecule has 1 N–H and O–H groups in total. The fraction of sp³-hybridized carbons (Fsp3) is 0.727. The van der Waals surface area contributed by atoms with Crippen LogP contribution < -0.4 is 0 Å². The molecule has 2 heterocycles. The molecule has 6 heteroatoms. The van der Waals surface area contributed by atoms with Gasteiger partial charge in [0.15, 0.2) is 9.84 Å². The van der Waals surface area contributed by atoms with E-state index in [1.807, 2.05) is 18.4 Å². The molecule has 0 saturated carbocycles. The maximum atomic E-state index is 11.4. The first-order valence-electron chi connectivity index (χ1n) is 5.81. The van der Waals surface area contributed by atoms with Crippen LogP contribution in [0.25, 0.3) is 0 Å². The second-order valence-electron chi connectivity index (χ2n) is 4.93. The molecule has 0 aliphatic carbocycles. The number of nitrogens with zero attached hydrogens (tertiary/aromatic N) is 2. The van der Waals surface area contributed by atoms with E-state index in [0.29, 0.717) is 12.1 Å². The topological polar surface area (TPSA) is 72.2 Å². The van der Waals surface area contributed by atoms with Crippen molar-refractivity contribution in [3.05, 3.63) is 18.2 Å². The molecular formula is C11H18N2O3S. The number of hydrogen-bond donors (Lipinski definition) is 1. The third-order valence-electron chi connectivity index (χ3n) is 3.27. The Morgan fingerprint density at radius 3 is 2.76 bits per heavy atom. The summed E-state index contributed by atoms with van der Waals surface area (Å²) in [6.07, 6.45) is 3.09. The van der Waals surface area contributed by atoms with E-state index < -0.39 is 15.9 Å². The van der Waals surface area contributed by atoms with Gasteiger partial charge < -0.3 is 9.67 Å². The van der Waals surface area contributed by atoms with Crippen molar-refractivity contribution in [1.29, 1.82) is 0 Å². The molecule has 96 valence electrons. The van der Waals surface area contributed by atoms with Gasteiger partial charge in [-0.15, -0.1) is 0 Å². The van der Waals surface area contributed by atoms with Gasteiger partial charge in [0.1, 0.15) is 0 Å². The van der Waals surface area contributed by atoms with E-state index in [2.05, 4.69) is 4.98 Å². The number of sulfone groups is 1. The summed E-state index contributed by atoms with van der Waals surface area (Å²) in [4.78, 5) is 4.03. The van der Waals surface area contributed by atoms with Crippen molar-refractivity contribution in [2.24, 2.45) is 5.92 Å². The van der Waals surface area contributed by atoms with Crippen molar-refractivity contribution < 1.29 is 13.5 Å². The fourth-order valence-electron chi connectivity index (χ4n) is 2.29. The Kier molecular flexibility index (Phi) is 3.27. The maximum absolute atomic E-state index is 11.4. The van der Waals surface area contributed by atoms with E-state index >= 15 is 0 Å². The van der Waals surface area contributed by atoms with E-state index in [4.69, 9.17) is 0 Å². The number of rotatable bonds is 3. The quantitative estimate of drug-likeness (QED) is 0.875. The van der Waals surface area contributed by atoms with Crippen molar-refractivity contribution >= 4 is 9.84 Å². The van der Waals surface area contributed by atoms with Crippen LogP contribution in [-0.2, 0) is 9.84 Å². The number of aromatic nitrogens is 2. The molecule has 0 bridgehead atoms. The lowest BCUT2D eigenvalue weighted by atomic mass is 9.99. The van der Waals surface area contributed by atoms with Gasteiger partial charge in [-0.1, -0.05) is 0 Å². The zero-order chi connectivity index (χ0) is 12.6. The lowest BCUT2D eigenvalue weighted by Gasteiger charge is -2.20. The molecule has 1 fully saturated rings. The third kappa shape index (κ3) is 2.52. The molecule has 1 aromatic rings. The molecule has 1 saturated heterocycles. The Balaban J connectivity index is 2.20. The molecule has 0 amide bonds. The van der Waals surface area contributed by atoms with E-state index in [0.717, 1.165) is 0 Å². The monoisotopic (exact) mass is 258 g/mol. The summed E-state index contributed by atoms with van der Waals surface area (Å²) < 4.78 is 24.7. The number of aliphatic hydroxyl groups is 1. The molecule has 0 radical (unpaired) electrons. The first-order valence-corrected chi connectivity index (χ1v) is 7.63. The molecule has 2 unspecified atom stereocenters. The number of hydrogen-bond acceptors (Lipinski definition) is 4.